The fourth-order valence-electron chi connectivity index (χ4n) is 3.85. The summed E-state index contributed by atoms with van der Waals surface area (Å²) >= 11 is 0. The number of carbonyl (C=O) groups excluding carboxylic acids is 1. The molecule has 0 unspecified atom stereocenters. The van der Waals surface area contributed by atoms with Gasteiger partial charge in [0, 0.05) is 43.7 Å². The van der Waals surface area contributed by atoms with E-state index in [1.165, 1.54) is 0 Å². The highest BCUT2D eigenvalue weighted by Crippen LogP contribution is 2.31. The van der Waals surface area contributed by atoms with Gasteiger partial charge in [-0.15, -0.1) is 0 Å². The predicted octanol–water partition coefficient (Wildman–Crippen LogP) is 1.07. The summed E-state index contributed by atoms with van der Waals surface area (Å²) < 4.78 is 5.29. The number of β-amino-alcohol motifs (C(OH)–C–C–N with tert-alkyl or cyclic N) is 1. The zero-order valence-corrected chi connectivity index (χ0v) is 16.3. The van der Waals surface area contributed by atoms with Crippen LogP contribution in [0.5, 0.6) is 5.75 Å². The zero-order valence-electron chi connectivity index (χ0n) is 16.3. The number of carbonyl (C=O) groups is 1. The van der Waals surface area contributed by atoms with Crippen molar-refractivity contribution < 1.29 is 14.6 Å². The molecule has 0 radical (unpaired) electrons. The van der Waals surface area contributed by atoms with Crippen molar-refractivity contribution in [3.8, 4) is 17.3 Å². The summed E-state index contributed by atoms with van der Waals surface area (Å²) in [5.41, 5.74) is 2.79. The Hall–Kier alpha value is -2.74. The molecule has 1 fully saturated rings. The number of nitrogens with zero attached hydrogens (tertiary/aromatic N) is 5. The van der Waals surface area contributed by atoms with Crippen LogP contribution >= 0.6 is 0 Å². The minimum Gasteiger partial charge on any atom is -0.497 e. The van der Waals surface area contributed by atoms with Gasteiger partial charge in [-0.05, 0) is 31.7 Å². The van der Waals surface area contributed by atoms with Gasteiger partial charge in [0.25, 0.3) is 0 Å². The molecule has 1 amide bonds. The zero-order chi connectivity index (χ0) is 19.7. The summed E-state index contributed by atoms with van der Waals surface area (Å²) in [6, 6.07) is 3.60. The predicted molar refractivity (Wildman–Crippen MR) is 104 cm³/mol. The van der Waals surface area contributed by atoms with Gasteiger partial charge in [0.15, 0.2) is 5.82 Å². The lowest BCUT2D eigenvalue weighted by Gasteiger charge is -2.24. The number of pyridine rings is 1. The third-order valence-electron chi connectivity index (χ3n) is 5.36. The summed E-state index contributed by atoms with van der Waals surface area (Å²) in [7, 11) is 3.50. The number of likely N-dealkylation sites (N-methyl/N-ethyl adjacent to an activating group) is 1. The third kappa shape index (κ3) is 3.64. The highest BCUT2D eigenvalue weighted by atomic mass is 16.5. The maximum absolute atomic E-state index is 12.6. The highest BCUT2D eigenvalue weighted by Gasteiger charge is 2.27. The van der Waals surface area contributed by atoms with Gasteiger partial charge in [-0.1, -0.05) is 0 Å². The molecule has 0 bridgehead atoms. The van der Waals surface area contributed by atoms with E-state index < -0.39 is 6.10 Å². The number of hydrogen-bond donors (Lipinski definition) is 1. The molecule has 1 atom stereocenters. The van der Waals surface area contributed by atoms with E-state index in [9.17, 15) is 9.90 Å². The van der Waals surface area contributed by atoms with Gasteiger partial charge in [-0.3, -0.25) is 9.78 Å². The highest BCUT2D eigenvalue weighted by molar-refractivity contribution is 5.82. The summed E-state index contributed by atoms with van der Waals surface area (Å²) in [6.07, 6.45) is 4.76. The van der Waals surface area contributed by atoms with Crippen LogP contribution in [0.15, 0.2) is 18.3 Å². The van der Waals surface area contributed by atoms with E-state index in [1.807, 2.05) is 18.0 Å². The molecule has 2 aromatic heterocycles. The summed E-state index contributed by atoms with van der Waals surface area (Å²) in [5, 5.41) is 9.69. The topological polar surface area (TPSA) is 91.7 Å². The number of aliphatic hydroxyl groups excluding tert-OH is 1. The van der Waals surface area contributed by atoms with Gasteiger partial charge in [0.05, 0.1) is 19.8 Å². The van der Waals surface area contributed by atoms with E-state index >= 15 is 0 Å². The average Bonchev–Trinajstić information content (AvgIpc) is 3.35. The number of hydrogen-bond acceptors (Lipinski definition) is 7. The van der Waals surface area contributed by atoms with Crippen LogP contribution in [0.25, 0.3) is 11.5 Å². The van der Waals surface area contributed by atoms with E-state index in [0.717, 1.165) is 36.3 Å². The van der Waals surface area contributed by atoms with Crippen molar-refractivity contribution in [1.82, 2.24) is 19.9 Å². The molecule has 28 heavy (non-hydrogen) atoms. The molecule has 148 valence electrons. The monoisotopic (exact) mass is 383 g/mol. The lowest BCUT2D eigenvalue weighted by Crippen LogP contribution is -2.38. The smallest absolute Gasteiger partial charge is 0.242 e. The quantitative estimate of drug-likeness (QED) is 0.826. The largest absolute Gasteiger partial charge is 0.497 e. The lowest BCUT2D eigenvalue weighted by atomic mass is 10.2. The number of anilines is 1. The number of ether oxygens (including phenoxy) is 1. The van der Waals surface area contributed by atoms with Gasteiger partial charge in [0.2, 0.25) is 5.91 Å². The van der Waals surface area contributed by atoms with Crippen LogP contribution in [0, 0.1) is 0 Å². The summed E-state index contributed by atoms with van der Waals surface area (Å²) in [5.74, 6) is 2.04. The van der Waals surface area contributed by atoms with Gasteiger partial charge in [0.1, 0.15) is 17.3 Å². The number of fused-ring (bicyclic) bond motifs is 1. The van der Waals surface area contributed by atoms with Crippen molar-refractivity contribution in [2.24, 2.45) is 0 Å². The molecule has 1 N–H and O–H groups in total. The standard InChI is InChI=1S/C20H25N5O3/c1-24(12-18(27)25-9-7-13(26)11-25)20-15-4-3-5-16(15)22-19(23-20)17-10-14(28-2)6-8-21-17/h6,8,10,13,26H,3-5,7,9,11-12H2,1-2H3/t13-/m1/s1. The second-order valence-corrected chi connectivity index (χ2v) is 7.37. The first-order chi connectivity index (χ1) is 13.5. The fourth-order valence-corrected chi connectivity index (χ4v) is 3.85. The molecule has 8 heteroatoms. The second kappa shape index (κ2) is 7.71. The van der Waals surface area contributed by atoms with Crippen molar-refractivity contribution >= 4 is 11.7 Å². The molecule has 1 aliphatic carbocycles. The number of rotatable bonds is 5. The molecule has 4 rings (SSSR count). The maximum Gasteiger partial charge on any atom is 0.242 e. The SMILES string of the molecule is COc1ccnc(-c2nc3c(c(N(C)CC(=O)N4CC[C@@H](O)C4)n2)CCC3)c1. The molecule has 2 aromatic rings. The Kier molecular flexibility index (Phi) is 5.13. The Morgan fingerprint density at radius 3 is 3.00 bits per heavy atom. The van der Waals surface area contributed by atoms with Crippen LogP contribution in [0.3, 0.4) is 0 Å². The molecule has 1 saturated heterocycles. The summed E-state index contributed by atoms with van der Waals surface area (Å²) in [4.78, 5) is 30.1. The van der Waals surface area contributed by atoms with Crippen LogP contribution in [0.4, 0.5) is 5.82 Å². The first-order valence-corrected chi connectivity index (χ1v) is 9.62. The molecule has 0 spiro atoms. The van der Waals surface area contributed by atoms with Crippen molar-refractivity contribution in [2.75, 3.05) is 38.7 Å². The third-order valence-corrected chi connectivity index (χ3v) is 5.36. The number of amides is 1. The van der Waals surface area contributed by atoms with Crippen LogP contribution in [0.2, 0.25) is 0 Å². The molecule has 0 aromatic carbocycles. The molecule has 0 saturated carbocycles. The minimum absolute atomic E-state index is 0.00506. The van der Waals surface area contributed by atoms with Crippen molar-refractivity contribution in [1.29, 1.82) is 0 Å². The molecule has 2 aliphatic rings. The Balaban J connectivity index is 1.62. The van der Waals surface area contributed by atoms with E-state index in [2.05, 4.69) is 4.98 Å². The number of aryl methyl sites for hydroxylation is 1. The minimum atomic E-state index is -0.414. The molecule has 3 heterocycles. The van der Waals surface area contributed by atoms with Crippen LogP contribution < -0.4 is 9.64 Å². The number of aliphatic hydroxyl groups is 1. The molecular weight excluding hydrogens is 358 g/mol. The van der Waals surface area contributed by atoms with Crippen LogP contribution in [-0.2, 0) is 17.6 Å². The van der Waals surface area contributed by atoms with Crippen molar-refractivity contribution in [3.05, 3.63) is 29.6 Å². The first-order valence-electron chi connectivity index (χ1n) is 9.62. The molecule has 1 aliphatic heterocycles. The summed E-state index contributed by atoms with van der Waals surface area (Å²) in [6.45, 7) is 1.24. The molecule has 8 nitrogen and oxygen atoms in total. The number of methoxy groups -OCH3 is 1. The van der Waals surface area contributed by atoms with E-state index in [0.29, 0.717) is 36.8 Å². The van der Waals surface area contributed by atoms with Crippen molar-refractivity contribution in [2.45, 2.75) is 31.8 Å². The Morgan fingerprint density at radius 2 is 2.25 bits per heavy atom. The fraction of sp³-hybridized carbons (Fsp3) is 0.500. The lowest BCUT2D eigenvalue weighted by molar-refractivity contribution is -0.129. The number of likely N-dealkylation sites (tertiary alicyclic amines) is 1. The van der Waals surface area contributed by atoms with E-state index in [1.54, 1.807) is 24.3 Å². The van der Waals surface area contributed by atoms with Crippen LogP contribution in [-0.4, -0.2) is 70.8 Å². The average molecular weight is 383 g/mol. The Labute approximate surface area is 164 Å². The van der Waals surface area contributed by atoms with Gasteiger partial charge in [-0.2, -0.15) is 0 Å². The Morgan fingerprint density at radius 1 is 1.39 bits per heavy atom. The molecular formula is C20H25N5O3. The van der Waals surface area contributed by atoms with E-state index in [-0.39, 0.29) is 12.5 Å². The second-order valence-electron chi connectivity index (χ2n) is 7.37. The maximum atomic E-state index is 12.6. The normalized spacial score (nSPS) is 18.2. The number of aromatic nitrogens is 3. The van der Waals surface area contributed by atoms with Gasteiger partial charge in [-0.25, -0.2) is 9.97 Å². The van der Waals surface area contributed by atoms with E-state index in [4.69, 9.17) is 14.7 Å². The van der Waals surface area contributed by atoms with Crippen LogP contribution in [0.1, 0.15) is 24.1 Å². The van der Waals surface area contributed by atoms with Crippen molar-refractivity contribution in [3.63, 3.8) is 0 Å². The van der Waals surface area contributed by atoms with Gasteiger partial charge >= 0.3 is 0 Å². The van der Waals surface area contributed by atoms with Gasteiger partial charge < -0.3 is 19.6 Å². The Bertz CT molecular complexity index is 888. The first kappa shape index (κ1) is 18.6.